The molecule has 0 N–H and O–H groups in total. The van der Waals surface area contributed by atoms with E-state index in [4.69, 9.17) is 4.74 Å². The van der Waals surface area contributed by atoms with Gasteiger partial charge in [-0.05, 0) is 25.7 Å². The molecule has 1 saturated carbocycles. The molecule has 0 saturated heterocycles. The minimum atomic E-state index is 0. The molecular weight excluding hydrogens is 168 g/mol. The Morgan fingerprint density at radius 1 is 1.33 bits per heavy atom. The molecule has 2 nitrogen and oxygen atoms in total. The van der Waals surface area contributed by atoms with Crippen LogP contribution in [0.4, 0.5) is 0 Å². The van der Waals surface area contributed by atoms with Crippen molar-refractivity contribution in [1.29, 1.82) is 0 Å². The Balaban J connectivity index is 0.000000640. The van der Waals surface area contributed by atoms with Gasteiger partial charge in [-0.1, -0.05) is 0 Å². The Bertz CT molecular complexity index is 79.1. The van der Waals surface area contributed by atoms with Crippen molar-refractivity contribution in [3.05, 3.63) is 0 Å². The molecule has 0 amide bonds. The summed E-state index contributed by atoms with van der Waals surface area (Å²) < 4.78 is 4.72. The van der Waals surface area contributed by atoms with E-state index >= 15 is 0 Å². The third-order valence-electron chi connectivity index (χ3n) is 1.55. The van der Waals surface area contributed by atoms with Gasteiger partial charge >= 0.3 is 0 Å². The molecule has 0 aromatic carbocycles. The van der Waals surface area contributed by atoms with Crippen LogP contribution in [-0.2, 0) is 26.6 Å². The fraction of sp³-hybridized carbons (Fsp3) is 0.833. The van der Waals surface area contributed by atoms with Gasteiger partial charge in [0.15, 0.2) is 0 Å². The first-order valence-electron chi connectivity index (χ1n) is 3.02. The fourth-order valence-electron chi connectivity index (χ4n) is 1.10. The second kappa shape index (κ2) is 4.83. The van der Waals surface area contributed by atoms with E-state index in [1.54, 1.807) is 0 Å². The number of carbonyl (C=O) groups excluding carboxylic acids is 1. The largest absolute Gasteiger partial charge is 0.465 e. The fourth-order valence-corrected chi connectivity index (χ4v) is 1.10. The first kappa shape index (κ1) is 8.99. The van der Waals surface area contributed by atoms with Gasteiger partial charge in [0.1, 0.15) is 6.10 Å². The summed E-state index contributed by atoms with van der Waals surface area (Å²) in [6.45, 7) is 0.552. The van der Waals surface area contributed by atoms with Gasteiger partial charge in [-0.15, -0.1) is 0 Å². The van der Waals surface area contributed by atoms with Crippen LogP contribution >= 0.6 is 0 Å². The monoisotopic (exact) mass is 177 g/mol. The van der Waals surface area contributed by atoms with Crippen LogP contribution in [0, 0.1) is 0 Å². The topological polar surface area (TPSA) is 26.3 Å². The van der Waals surface area contributed by atoms with Crippen molar-refractivity contribution in [2.75, 3.05) is 0 Å². The summed E-state index contributed by atoms with van der Waals surface area (Å²) in [5.74, 6) is 0. The molecule has 1 aliphatic carbocycles. The van der Waals surface area contributed by atoms with E-state index in [0.29, 0.717) is 6.47 Å². The minimum absolute atomic E-state index is 0. The second-order valence-corrected chi connectivity index (χ2v) is 2.14. The molecule has 0 aromatic heterocycles. The average molecular weight is 178 g/mol. The zero-order valence-corrected chi connectivity index (χ0v) is 6.04. The molecule has 1 aliphatic rings. The van der Waals surface area contributed by atoms with Crippen molar-refractivity contribution in [3.63, 3.8) is 0 Å². The van der Waals surface area contributed by atoms with Crippen molar-refractivity contribution in [1.82, 2.24) is 0 Å². The molecule has 1 rings (SSSR count). The summed E-state index contributed by atoms with van der Waals surface area (Å²) >= 11 is 0. The van der Waals surface area contributed by atoms with Gasteiger partial charge in [0.2, 0.25) is 0 Å². The van der Waals surface area contributed by atoms with Gasteiger partial charge in [-0.3, -0.25) is 4.79 Å². The first-order valence-corrected chi connectivity index (χ1v) is 3.02. The van der Waals surface area contributed by atoms with Crippen LogP contribution < -0.4 is 0 Å². The smallest absolute Gasteiger partial charge is 0.293 e. The normalized spacial score (nSPS) is 18.7. The van der Waals surface area contributed by atoms with E-state index in [1.807, 2.05) is 0 Å². The van der Waals surface area contributed by atoms with E-state index in [-0.39, 0.29) is 23.2 Å². The van der Waals surface area contributed by atoms with Crippen LogP contribution in [0.5, 0.6) is 0 Å². The van der Waals surface area contributed by atoms with Gasteiger partial charge in [-0.25, -0.2) is 0 Å². The molecular formula is C6H10CuO2. The molecule has 0 aromatic rings. The Morgan fingerprint density at radius 2 is 1.89 bits per heavy atom. The van der Waals surface area contributed by atoms with Gasteiger partial charge in [-0.2, -0.15) is 0 Å². The van der Waals surface area contributed by atoms with E-state index < -0.39 is 0 Å². The number of carbonyl (C=O) groups is 1. The van der Waals surface area contributed by atoms with Crippen molar-refractivity contribution in [3.8, 4) is 0 Å². The van der Waals surface area contributed by atoms with Gasteiger partial charge < -0.3 is 4.74 Å². The Labute approximate surface area is 65.4 Å². The van der Waals surface area contributed by atoms with E-state index in [9.17, 15) is 4.79 Å². The molecule has 0 atom stereocenters. The quantitative estimate of drug-likeness (QED) is 0.467. The maximum Gasteiger partial charge on any atom is 0.293 e. The molecule has 0 unspecified atom stereocenters. The second-order valence-electron chi connectivity index (χ2n) is 2.14. The SMILES string of the molecule is O=COC1CCCC1.[Cu]. The Hall–Kier alpha value is -0.0105. The first-order chi connectivity index (χ1) is 3.93. The zero-order chi connectivity index (χ0) is 5.82. The molecule has 0 aliphatic heterocycles. The predicted octanol–water partition coefficient (Wildman–Crippen LogP) is 1.10. The van der Waals surface area contributed by atoms with Crippen molar-refractivity contribution >= 4 is 6.47 Å². The molecule has 0 heterocycles. The maximum absolute atomic E-state index is 9.74. The molecule has 0 spiro atoms. The molecule has 3 heteroatoms. The van der Waals surface area contributed by atoms with Crippen molar-refractivity contribution in [2.45, 2.75) is 31.8 Å². The van der Waals surface area contributed by atoms with Crippen LogP contribution in [0.3, 0.4) is 0 Å². The van der Waals surface area contributed by atoms with E-state index in [2.05, 4.69) is 0 Å². The molecule has 57 valence electrons. The summed E-state index contributed by atoms with van der Waals surface area (Å²) in [7, 11) is 0. The van der Waals surface area contributed by atoms with Gasteiger partial charge in [0, 0.05) is 17.1 Å². The standard InChI is InChI=1S/C6H10O2.Cu/c7-5-8-6-3-1-2-4-6;/h5-6H,1-4H2;. The third kappa shape index (κ3) is 2.87. The number of ether oxygens (including phenoxy) is 1. The molecule has 1 fully saturated rings. The summed E-state index contributed by atoms with van der Waals surface area (Å²) in [5.41, 5.74) is 0. The van der Waals surface area contributed by atoms with Crippen LogP contribution in [-0.4, -0.2) is 12.6 Å². The molecule has 1 radical (unpaired) electrons. The van der Waals surface area contributed by atoms with Crippen molar-refractivity contribution < 1.29 is 26.6 Å². The minimum Gasteiger partial charge on any atom is -0.465 e. The van der Waals surface area contributed by atoms with Crippen molar-refractivity contribution in [2.24, 2.45) is 0 Å². The van der Waals surface area contributed by atoms with E-state index in [0.717, 1.165) is 12.8 Å². The Kier molecular flexibility index (Phi) is 4.82. The average Bonchev–Trinajstić information content (AvgIpc) is 2.19. The van der Waals surface area contributed by atoms with Gasteiger partial charge in [0.05, 0.1) is 0 Å². The molecule has 0 bridgehead atoms. The van der Waals surface area contributed by atoms with Crippen LogP contribution in [0.1, 0.15) is 25.7 Å². The number of hydrogen-bond donors (Lipinski definition) is 0. The van der Waals surface area contributed by atoms with E-state index in [1.165, 1.54) is 12.8 Å². The Morgan fingerprint density at radius 3 is 2.33 bits per heavy atom. The maximum atomic E-state index is 9.74. The van der Waals surface area contributed by atoms with Crippen LogP contribution in [0.25, 0.3) is 0 Å². The van der Waals surface area contributed by atoms with Crippen LogP contribution in [0.2, 0.25) is 0 Å². The number of rotatable bonds is 2. The van der Waals surface area contributed by atoms with Gasteiger partial charge in [0.25, 0.3) is 6.47 Å². The summed E-state index contributed by atoms with van der Waals surface area (Å²) in [6, 6.07) is 0. The third-order valence-corrected chi connectivity index (χ3v) is 1.55. The number of hydrogen-bond acceptors (Lipinski definition) is 2. The molecule has 9 heavy (non-hydrogen) atoms. The summed E-state index contributed by atoms with van der Waals surface area (Å²) in [4.78, 5) is 9.74. The summed E-state index contributed by atoms with van der Waals surface area (Å²) in [6.07, 6.45) is 4.82. The predicted molar refractivity (Wildman–Crippen MR) is 29.4 cm³/mol. The zero-order valence-electron chi connectivity index (χ0n) is 5.10. The summed E-state index contributed by atoms with van der Waals surface area (Å²) in [5, 5.41) is 0. The van der Waals surface area contributed by atoms with Crippen LogP contribution in [0.15, 0.2) is 0 Å².